The monoisotopic (exact) mass is 406 g/mol. The maximum absolute atomic E-state index is 11.0. The molecular weight excluding hydrogens is 380 g/mol. The Bertz CT molecular complexity index is 996. The zero-order valence-corrected chi connectivity index (χ0v) is 17.1. The third-order valence-corrected chi connectivity index (χ3v) is 5.55. The molecule has 0 unspecified atom stereocenters. The molecule has 1 saturated heterocycles. The number of oxazole rings is 1. The Hall–Kier alpha value is -3.12. The molecule has 0 saturated carbocycles. The van der Waals surface area contributed by atoms with Crippen molar-refractivity contribution in [2.45, 2.75) is 31.7 Å². The Morgan fingerprint density at radius 3 is 2.83 bits per heavy atom. The molecule has 6 nitrogen and oxygen atoms in total. The number of aromatic nitrogens is 1. The molecule has 2 aromatic carbocycles. The summed E-state index contributed by atoms with van der Waals surface area (Å²) in [6.45, 7) is 2.71. The normalized spacial score (nSPS) is 17.0. The number of benzene rings is 2. The van der Waals surface area contributed by atoms with Gasteiger partial charge in [-0.25, -0.2) is 9.78 Å². The highest BCUT2D eigenvalue weighted by Crippen LogP contribution is 2.28. The van der Waals surface area contributed by atoms with Gasteiger partial charge in [-0.3, -0.25) is 4.90 Å². The fourth-order valence-electron chi connectivity index (χ4n) is 3.99. The van der Waals surface area contributed by atoms with Crippen molar-refractivity contribution in [3.8, 4) is 5.75 Å². The minimum Gasteiger partial charge on any atom is -0.497 e. The fraction of sp³-hybridized carbons (Fsp3) is 0.333. The van der Waals surface area contributed by atoms with E-state index in [0.29, 0.717) is 12.0 Å². The minimum atomic E-state index is -0.895. The smallest absolute Gasteiger partial charge is 0.335 e. The summed E-state index contributed by atoms with van der Waals surface area (Å²) in [7, 11) is 1.67. The van der Waals surface area contributed by atoms with Crippen LogP contribution in [0.5, 0.6) is 5.75 Å². The van der Waals surface area contributed by atoms with Crippen molar-refractivity contribution in [2.75, 3.05) is 20.2 Å². The Labute approximate surface area is 176 Å². The van der Waals surface area contributed by atoms with Gasteiger partial charge in [0.1, 0.15) is 11.5 Å². The van der Waals surface area contributed by atoms with E-state index in [9.17, 15) is 4.79 Å². The van der Waals surface area contributed by atoms with Crippen LogP contribution >= 0.6 is 0 Å². The standard InChI is InChI=1S/C24H26N2O4/c1-29-21-6-2-4-18(12-21)13-22-14-25-23(30-22)20-5-3-11-26(16-20)15-17-7-9-19(10-8-17)24(27)28/h2,4,6-10,12,14,20H,3,5,11,13,15-16H2,1H3,(H,27,28)/t20-/m1/s1. The van der Waals surface area contributed by atoms with E-state index in [1.54, 1.807) is 19.2 Å². The highest BCUT2D eigenvalue weighted by Gasteiger charge is 2.25. The molecule has 4 rings (SSSR count). The molecule has 3 aromatic rings. The number of methoxy groups -OCH3 is 1. The summed E-state index contributed by atoms with van der Waals surface area (Å²) >= 11 is 0. The molecule has 1 atom stereocenters. The number of piperidine rings is 1. The van der Waals surface area contributed by atoms with Crippen LogP contribution in [0.2, 0.25) is 0 Å². The van der Waals surface area contributed by atoms with Crippen molar-refractivity contribution >= 4 is 5.97 Å². The topological polar surface area (TPSA) is 75.8 Å². The van der Waals surface area contributed by atoms with Crippen molar-refractivity contribution in [1.82, 2.24) is 9.88 Å². The molecule has 156 valence electrons. The van der Waals surface area contributed by atoms with Gasteiger partial charge in [-0.05, 0) is 54.8 Å². The van der Waals surface area contributed by atoms with Gasteiger partial charge in [0, 0.05) is 25.4 Å². The number of likely N-dealkylation sites (tertiary alicyclic amines) is 1. The maximum atomic E-state index is 11.0. The summed E-state index contributed by atoms with van der Waals surface area (Å²) in [4.78, 5) is 18.0. The van der Waals surface area contributed by atoms with E-state index in [2.05, 4.69) is 16.0 Å². The molecule has 1 aliphatic heterocycles. The number of carbonyl (C=O) groups is 1. The van der Waals surface area contributed by atoms with Crippen LogP contribution in [0.1, 0.15) is 51.9 Å². The largest absolute Gasteiger partial charge is 0.497 e. The molecule has 30 heavy (non-hydrogen) atoms. The SMILES string of the molecule is COc1cccc(Cc2cnc([C@@H]3CCCN(Cc4ccc(C(=O)O)cc4)C3)o2)c1. The first kappa shape index (κ1) is 20.2. The van der Waals surface area contributed by atoms with Crippen LogP contribution in [-0.4, -0.2) is 41.2 Å². The van der Waals surface area contributed by atoms with Gasteiger partial charge in [0.25, 0.3) is 0 Å². The molecule has 0 spiro atoms. The third-order valence-electron chi connectivity index (χ3n) is 5.55. The Morgan fingerprint density at radius 2 is 2.07 bits per heavy atom. The van der Waals surface area contributed by atoms with Gasteiger partial charge in [-0.15, -0.1) is 0 Å². The highest BCUT2D eigenvalue weighted by molar-refractivity contribution is 5.87. The molecule has 0 bridgehead atoms. The van der Waals surface area contributed by atoms with Crippen molar-refractivity contribution in [1.29, 1.82) is 0 Å². The summed E-state index contributed by atoms with van der Waals surface area (Å²) in [6, 6.07) is 15.1. The maximum Gasteiger partial charge on any atom is 0.335 e. The second kappa shape index (κ2) is 9.13. The van der Waals surface area contributed by atoms with Crippen molar-refractivity contribution in [3.63, 3.8) is 0 Å². The Kier molecular flexibility index (Phi) is 6.14. The molecule has 1 N–H and O–H groups in total. The highest BCUT2D eigenvalue weighted by atomic mass is 16.5. The number of aromatic carboxylic acids is 1. The molecule has 1 fully saturated rings. The van der Waals surface area contributed by atoms with E-state index in [4.69, 9.17) is 14.3 Å². The number of nitrogens with zero attached hydrogens (tertiary/aromatic N) is 2. The lowest BCUT2D eigenvalue weighted by Crippen LogP contribution is -2.34. The molecule has 2 heterocycles. The van der Waals surface area contributed by atoms with E-state index < -0.39 is 5.97 Å². The first-order valence-electron chi connectivity index (χ1n) is 10.2. The van der Waals surface area contributed by atoms with Crippen molar-refractivity contribution < 1.29 is 19.1 Å². The number of hydrogen-bond donors (Lipinski definition) is 1. The molecule has 6 heteroatoms. The van der Waals surface area contributed by atoms with Gasteiger partial charge >= 0.3 is 5.97 Å². The summed E-state index contributed by atoms with van der Waals surface area (Å²) in [5.41, 5.74) is 2.57. The van der Waals surface area contributed by atoms with Gasteiger partial charge in [0.15, 0.2) is 5.89 Å². The molecule has 0 amide bonds. The van der Waals surface area contributed by atoms with Crippen molar-refractivity contribution in [3.05, 3.63) is 83.1 Å². The van der Waals surface area contributed by atoms with Crippen LogP contribution in [0.3, 0.4) is 0 Å². The summed E-state index contributed by atoms with van der Waals surface area (Å²) in [5, 5.41) is 9.05. The van der Waals surface area contributed by atoms with E-state index in [1.807, 2.05) is 36.5 Å². The van der Waals surface area contributed by atoms with Gasteiger partial charge in [-0.2, -0.15) is 0 Å². The van der Waals surface area contributed by atoms with Gasteiger partial charge in [0.05, 0.1) is 18.9 Å². The summed E-state index contributed by atoms with van der Waals surface area (Å²) in [6.07, 6.45) is 4.67. The summed E-state index contributed by atoms with van der Waals surface area (Å²) < 4.78 is 11.4. The number of carboxylic acid groups (broad SMARTS) is 1. The van der Waals surface area contributed by atoms with Crippen LogP contribution in [0.4, 0.5) is 0 Å². The predicted octanol–water partition coefficient (Wildman–Crippen LogP) is 4.35. The fourth-order valence-corrected chi connectivity index (χ4v) is 3.99. The first-order chi connectivity index (χ1) is 14.6. The van der Waals surface area contributed by atoms with E-state index in [0.717, 1.165) is 61.0 Å². The number of hydrogen-bond acceptors (Lipinski definition) is 5. The van der Waals surface area contributed by atoms with Crippen molar-refractivity contribution in [2.24, 2.45) is 0 Å². The minimum absolute atomic E-state index is 0.274. The number of ether oxygens (including phenoxy) is 1. The van der Waals surface area contributed by atoms with Crippen LogP contribution < -0.4 is 4.74 Å². The Morgan fingerprint density at radius 1 is 1.23 bits per heavy atom. The lowest BCUT2D eigenvalue weighted by Gasteiger charge is -2.31. The molecule has 1 aromatic heterocycles. The van der Waals surface area contributed by atoms with Gasteiger partial charge in [0.2, 0.25) is 0 Å². The zero-order valence-electron chi connectivity index (χ0n) is 17.1. The second-order valence-corrected chi connectivity index (χ2v) is 7.77. The zero-order chi connectivity index (χ0) is 20.9. The van der Waals surface area contributed by atoms with Crippen LogP contribution in [0.15, 0.2) is 59.1 Å². The van der Waals surface area contributed by atoms with E-state index in [-0.39, 0.29) is 5.92 Å². The molecule has 1 aliphatic rings. The first-order valence-corrected chi connectivity index (χ1v) is 10.2. The lowest BCUT2D eigenvalue weighted by molar-refractivity contribution is 0.0697. The average molecular weight is 406 g/mol. The quantitative estimate of drug-likeness (QED) is 0.629. The third kappa shape index (κ3) is 4.89. The van der Waals surface area contributed by atoms with Crippen LogP contribution in [0.25, 0.3) is 0 Å². The molecule has 0 aliphatic carbocycles. The van der Waals surface area contributed by atoms with Crippen LogP contribution in [-0.2, 0) is 13.0 Å². The summed E-state index contributed by atoms with van der Waals surface area (Å²) in [5.74, 6) is 1.88. The second-order valence-electron chi connectivity index (χ2n) is 7.77. The van der Waals surface area contributed by atoms with Crippen LogP contribution in [0, 0.1) is 0 Å². The Balaban J connectivity index is 1.38. The van der Waals surface area contributed by atoms with Gasteiger partial charge < -0.3 is 14.3 Å². The number of rotatable bonds is 7. The van der Waals surface area contributed by atoms with Gasteiger partial charge in [-0.1, -0.05) is 24.3 Å². The average Bonchev–Trinajstić information content (AvgIpc) is 3.23. The molecule has 0 radical (unpaired) electrons. The van der Waals surface area contributed by atoms with E-state index >= 15 is 0 Å². The van der Waals surface area contributed by atoms with E-state index in [1.165, 1.54) is 0 Å². The predicted molar refractivity (Wildman–Crippen MR) is 113 cm³/mol. The number of carboxylic acids is 1. The molecular formula is C24H26N2O4. The lowest BCUT2D eigenvalue weighted by atomic mass is 9.97.